The van der Waals surface area contributed by atoms with Gasteiger partial charge in [-0.2, -0.15) is 0 Å². The summed E-state index contributed by atoms with van der Waals surface area (Å²) in [6, 6.07) is 0. The van der Waals surface area contributed by atoms with Crippen LogP contribution in [0.3, 0.4) is 0 Å². The zero-order valence-electron chi connectivity index (χ0n) is 7.91. The molecule has 1 aliphatic carbocycles. The van der Waals surface area contributed by atoms with E-state index in [4.69, 9.17) is 0 Å². The molecule has 1 rings (SSSR count). The van der Waals surface area contributed by atoms with Crippen molar-refractivity contribution in [3.63, 3.8) is 0 Å². The molecule has 62 valence electrons. The minimum Gasteiger partial charge on any atom is -0.0996 e. The molecule has 1 aliphatic rings. The molecule has 0 saturated carbocycles. The van der Waals surface area contributed by atoms with E-state index in [1.807, 2.05) is 0 Å². The number of hydrogen-bond acceptors (Lipinski definition) is 0. The van der Waals surface area contributed by atoms with Gasteiger partial charge in [0.2, 0.25) is 0 Å². The van der Waals surface area contributed by atoms with Crippen LogP contribution in [-0.2, 0) is 0 Å². The zero-order valence-corrected chi connectivity index (χ0v) is 7.91. The highest BCUT2D eigenvalue weighted by atomic mass is 14.3. The molecule has 0 aromatic carbocycles. The average molecular weight is 150 g/mol. The first-order chi connectivity index (χ1) is 5.04. The molecule has 0 spiro atoms. The van der Waals surface area contributed by atoms with Crippen molar-refractivity contribution >= 4 is 0 Å². The van der Waals surface area contributed by atoms with Crippen LogP contribution in [0.2, 0.25) is 0 Å². The second kappa shape index (κ2) is 2.84. The number of hydrogen-bond donors (Lipinski definition) is 0. The second-order valence-electron chi connectivity index (χ2n) is 4.11. The van der Waals surface area contributed by atoms with Crippen LogP contribution in [0, 0.1) is 5.41 Å². The molecular weight excluding hydrogens is 132 g/mol. The van der Waals surface area contributed by atoms with Crippen LogP contribution in [0.4, 0.5) is 0 Å². The Labute approximate surface area is 70.0 Å². The van der Waals surface area contributed by atoms with E-state index in [-0.39, 0.29) is 0 Å². The SMILES string of the molecule is C=C(C)C1(C)CCC=C(C)C1. The van der Waals surface area contributed by atoms with Crippen molar-refractivity contribution in [1.82, 2.24) is 0 Å². The normalized spacial score (nSPS) is 31.4. The molecule has 0 aromatic heterocycles. The van der Waals surface area contributed by atoms with Crippen LogP contribution in [0.15, 0.2) is 23.8 Å². The fourth-order valence-corrected chi connectivity index (χ4v) is 1.78. The first-order valence-electron chi connectivity index (χ1n) is 4.36. The van der Waals surface area contributed by atoms with Crippen molar-refractivity contribution in [2.75, 3.05) is 0 Å². The standard InChI is InChI=1S/C11H18/c1-9(2)11(4)7-5-6-10(3)8-11/h6H,1,5,7-8H2,2-4H3. The van der Waals surface area contributed by atoms with Crippen LogP contribution in [0.1, 0.15) is 40.0 Å². The van der Waals surface area contributed by atoms with Gasteiger partial charge in [0, 0.05) is 0 Å². The first-order valence-corrected chi connectivity index (χ1v) is 4.36. The maximum atomic E-state index is 4.06. The lowest BCUT2D eigenvalue weighted by atomic mass is 9.72. The quantitative estimate of drug-likeness (QED) is 0.500. The summed E-state index contributed by atoms with van der Waals surface area (Å²) in [5, 5.41) is 0. The van der Waals surface area contributed by atoms with Crippen molar-refractivity contribution in [3.8, 4) is 0 Å². The Bertz CT molecular complexity index is 198. The van der Waals surface area contributed by atoms with Crippen molar-refractivity contribution in [1.29, 1.82) is 0 Å². The Hall–Kier alpha value is -0.520. The van der Waals surface area contributed by atoms with Gasteiger partial charge < -0.3 is 0 Å². The highest BCUT2D eigenvalue weighted by Gasteiger charge is 2.26. The van der Waals surface area contributed by atoms with Crippen molar-refractivity contribution in [2.24, 2.45) is 5.41 Å². The summed E-state index contributed by atoms with van der Waals surface area (Å²) in [6.07, 6.45) is 6.07. The number of allylic oxidation sites excluding steroid dienone is 3. The number of rotatable bonds is 1. The van der Waals surface area contributed by atoms with E-state index < -0.39 is 0 Å². The predicted molar refractivity (Wildman–Crippen MR) is 50.5 cm³/mol. The Morgan fingerprint density at radius 3 is 2.64 bits per heavy atom. The first kappa shape index (κ1) is 8.58. The Morgan fingerprint density at radius 1 is 1.64 bits per heavy atom. The maximum absolute atomic E-state index is 4.06. The van der Waals surface area contributed by atoms with Crippen LogP contribution >= 0.6 is 0 Å². The predicted octanol–water partition coefficient (Wildman–Crippen LogP) is 3.70. The van der Waals surface area contributed by atoms with Crippen molar-refractivity contribution in [2.45, 2.75) is 40.0 Å². The molecule has 0 N–H and O–H groups in total. The third-order valence-electron chi connectivity index (χ3n) is 2.89. The molecule has 0 heteroatoms. The molecule has 0 saturated heterocycles. The lowest BCUT2D eigenvalue weighted by molar-refractivity contribution is 0.350. The highest BCUT2D eigenvalue weighted by molar-refractivity contribution is 5.16. The molecule has 0 heterocycles. The lowest BCUT2D eigenvalue weighted by Gasteiger charge is -2.33. The van der Waals surface area contributed by atoms with Crippen LogP contribution in [-0.4, -0.2) is 0 Å². The van der Waals surface area contributed by atoms with Crippen molar-refractivity contribution in [3.05, 3.63) is 23.8 Å². The highest BCUT2D eigenvalue weighted by Crippen LogP contribution is 2.40. The summed E-state index contributed by atoms with van der Waals surface area (Å²) in [5.41, 5.74) is 3.26. The van der Waals surface area contributed by atoms with Crippen LogP contribution in [0.5, 0.6) is 0 Å². The maximum Gasteiger partial charge on any atom is -0.00819 e. The summed E-state index contributed by atoms with van der Waals surface area (Å²) in [6.45, 7) is 10.8. The zero-order chi connectivity index (χ0) is 8.48. The molecule has 0 bridgehead atoms. The molecule has 0 amide bonds. The van der Waals surface area contributed by atoms with Gasteiger partial charge in [0.1, 0.15) is 0 Å². The molecule has 11 heavy (non-hydrogen) atoms. The van der Waals surface area contributed by atoms with E-state index >= 15 is 0 Å². The van der Waals surface area contributed by atoms with Gasteiger partial charge in [-0.05, 0) is 38.5 Å². The summed E-state index contributed by atoms with van der Waals surface area (Å²) in [5.74, 6) is 0. The van der Waals surface area contributed by atoms with E-state index in [0.717, 1.165) is 0 Å². The van der Waals surface area contributed by atoms with Gasteiger partial charge in [0.15, 0.2) is 0 Å². The third-order valence-corrected chi connectivity index (χ3v) is 2.89. The van der Waals surface area contributed by atoms with E-state index in [2.05, 4.69) is 33.4 Å². The second-order valence-corrected chi connectivity index (χ2v) is 4.11. The fraction of sp³-hybridized carbons (Fsp3) is 0.636. The smallest absolute Gasteiger partial charge is 0.00819 e. The lowest BCUT2D eigenvalue weighted by Crippen LogP contribution is -2.20. The summed E-state index contributed by atoms with van der Waals surface area (Å²) >= 11 is 0. The molecule has 0 fully saturated rings. The average Bonchev–Trinajstić information content (AvgIpc) is 1.86. The Balaban J connectivity index is 2.76. The van der Waals surface area contributed by atoms with Crippen molar-refractivity contribution < 1.29 is 0 Å². The van der Waals surface area contributed by atoms with Crippen LogP contribution in [0.25, 0.3) is 0 Å². The van der Waals surface area contributed by atoms with E-state index in [9.17, 15) is 0 Å². The monoisotopic (exact) mass is 150 g/mol. The van der Waals surface area contributed by atoms with Gasteiger partial charge in [-0.1, -0.05) is 30.7 Å². The molecule has 1 atom stereocenters. The van der Waals surface area contributed by atoms with Crippen LogP contribution < -0.4 is 0 Å². The van der Waals surface area contributed by atoms with Gasteiger partial charge >= 0.3 is 0 Å². The Morgan fingerprint density at radius 2 is 2.27 bits per heavy atom. The fourth-order valence-electron chi connectivity index (χ4n) is 1.78. The van der Waals surface area contributed by atoms with Gasteiger partial charge in [-0.25, -0.2) is 0 Å². The third kappa shape index (κ3) is 1.74. The molecule has 0 nitrogen and oxygen atoms in total. The largest absolute Gasteiger partial charge is 0.0996 e. The molecule has 0 radical (unpaired) electrons. The minimum atomic E-state index is 0.388. The van der Waals surface area contributed by atoms with Gasteiger partial charge in [-0.3, -0.25) is 0 Å². The molecule has 0 aromatic rings. The minimum absolute atomic E-state index is 0.388. The van der Waals surface area contributed by atoms with Gasteiger partial charge in [0.25, 0.3) is 0 Å². The molecule has 1 unspecified atom stereocenters. The van der Waals surface area contributed by atoms with E-state index in [0.29, 0.717) is 5.41 Å². The van der Waals surface area contributed by atoms with E-state index in [1.54, 1.807) is 0 Å². The van der Waals surface area contributed by atoms with E-state index in [1.165, 1.54) is 30.4 Å². The summed E-state index contributed by atoms with van der Waals surface area (Å²) < 4.78 is 0. The summed E-state index contributed by atoms with van der Waals surface area (Å²) in [7, 11) is 0. The molecular formula is C11H18. The molecule has 0 aliphatic heterocycles. The summed E-state index contributed by atoms with van der Waals surface area (Å²) in [4.78, 5) is 0. The Kier molecular flexibility index (Phi) is 2.22. The topological polar surface area (TPSA) is 0 Å². The van der Waals surface area contributed by atoms with Gasteiger partial charge in [0.05, 0.1) is 0 Å². The van der Waals surface area contributed by atoms with Gasteiger partial charge in [-0.15, -0.1) is 0 Å².